The van der Waals surface area contributed by atoms with Crippen LogP contribution >= 0.6 is 0 Å². The monoisotopic (exact) mass is 614 g/mol. The first kappa shape index (κ1) is 33.0. The van der Waals surface area contributed by atoms with E-state index in [0.29, 0.717) is 24.0 Å². The summed E-state index contributed by atoms with van der Waals surface area (Å²) in [7, 11) is 0. The van der Waals surface area contributed by atoms with Crippen LogP contribution < -0.4 is 25.4 Å². The Hall–Kier alpha value is -4.86. The molecule has 2 atom stereocenters. The maximum absolute atomic E-state index is 13.6. The number of benzene rings is 3. The zero-order valence-corrected chi connectivity index (χ0v) is 26.1. The molecule has 0 bridgehead atoms. The Balaban J connectivity index is 1.50. The summed E-state index contributed by atoms with van der Waals surface area (Å²) in [4.78, 5) is 55.4. The molecule has 1 aliphatic heterocycles. The van der Waals surface area contributed by atoms with E-state index in [2.05, 4.69) is 29.8 Å². The third-order valence-corrected chi connectivity index (χ3v) is 7.59. The molecule has 4 rings (SSSR count). The van der Waals surface area contributed by atoms with E-state index in [0.717, 1.165) is 5.56 Å². The van der Waals surface area contributed by atoms with Crippen molar-refractivity contribution in [2.45, 2.75) is 51.6 Å². The Labute approximate surface area is 264 Å². The maximum atomic E-state index is 13.6. The van der Waals surface area contributed by atoms with Gasteiger partial charge in [0.15, 0.2) is 0 Å². The van der Waals surface area contributed by atoms with Gasteiger partial charge in [-0.05, 0) is 48.2 Å². The summed E-state index contributed by atoms with van der Waals surface area (Å²) in [5.41, 5.74) is 2.29. The smallest absolute Gasteiger partial charge is 0.255 e. The van der Waals surface area contributed by atoms with Crippen molar-refractivity contribution in [1.29, 1.82) is 0 Å². The van der Waals surface area contributed by atoms with Crippen LogP contribution in [-0.2, 0) is 20.8 Å². The van der Waals surface area contributed by atoms with Gasteiger partial charge in [0, 0.05) is 13.0 Å². The quantitative estimate of drug-likeness (QED) is 0.317. The highest BCUT2D eigenvalue weighted by molar-refractivity contribution is 6.01. The molecule has 238 valence electrons. The molecule has 10 heteroatoms. The minimum atomic E-state index is -1.21. The van der Waals surface area contributed by atoms with Crippen LogP contribution in [0.5, 0.6) is 11.5 Å². The number of rotatable bonds is 9. The Morgan fingerprint density at radius 1 is 0.978 bits per heavy atom. The molecule has 45 heavy (non-hydrogen) atoms. The van der Waals surface area contributed by atoms with Gasteiger partial charge in [-0.3, -0.25) is 19.2 Å². The summed E-state index contributed by atoms with van der Waals surface area (Å²) in [5, 5.41) is 8.29. The zero-order valence-electron chi connectivity index (χ0n) is 26.1. The van der Waals surface area contributed by atoms with Crippen molar-refractivity contribution in [1.82, 2.24) is 20.9 Å². The molecule has 0 radical (unpaired) electrons. The fourth-order valence-electron chi connectivity index (χ4n) is 5.04. The molecule has 0 aromatic heterocycles. The lowest BCUT2D eigenvalue weighted by molar-refractivity contribution is -0.137. The largest absolute Gasteiger partial charge is 0.492 e. The Morgan fingerprint density at radius 2 is 1.69 bits per heavy atom. The molecule has 0 spiro atoms. The van der Waals surface area contributed by atoms with Crippen LogP contribution in [0.25, 0.3) is 0 Å². The first-order valence-corrected chi connectivity index (χ1v) is 15.4. The first-order chi connectivity index (χ1) is 21.7. The second-order valence-electron chi connectivity index (χ2n) is 11.2. The number of likely N-dealkylation sites (N-methyl/N-ethyl adjacent to an activating group) is 1. The van der Waals surface area contributed by atoms with Gasteiger partial charge < -0.3 is 30.3 Å². The number of nitrogens with one attached hydrogen (secondary N) is 3. The summed E-state index contributed by atoms with van der Waals surface area (Å²) < 4.78 is 11.7. The number of fused-ring (bicyclic) bond motifs is 1. The molecule has 4 amide bonds. The molecule has 0 fully saturated rings. The highest BCUT2D eigenvalue weighted by Crippen LogP contribution is 2.20. The van der Waals surface area contributed by atoms with Crippen molar-refractivity contribution < 1.29 is 28.7 Å². The number of carbonyl (C=O) groups excluding carboxylic acids is 4. The number of para-hydroxylation sites is 1. The summed E-state index contributed by atoms with van der Waals surface area (Å²) >= 11 is 0. The summed E-state index contributed by atoms with van der Waals surface area (Å²) in [6, 6.07) is 21.7. The molecular formula is C35H42N4O6. The summed E-state index contributed by atoms with van der Waals surface area (Å²) in [6.45, 7) is 7.23. The lowest BCUT2D eigenvalue weighted by atomic mass is 10.0. The highest BCUT2D eigenvalue weighted by atomic mass is 16.5. The molecule has 0 unspecified atom stereocenters. The Morgan fingerprint density at radius 3 is 2.40 bits per heavy atom. The molecule has 3 N–H and O–H groups in total. The van der Waals surface area contributed by atoms with Crippen LogP contribution in [0, 0.1) is 0 Å². The van der Waals surface area contributed by atoms with Gasteiger partial charge in [-0.15, -0.1) is 0 Å². The van der Waals surface area contributed by atoms with Crippen molar-refractivity contribution in [3.63, 3.8) is 0 Å². The number of hydrogen-bond acceptors (Lipinski definition) is 6. The standard InChI is InChI=1S/C35H42N4O6/c1-4-39-19-21-45-31-13-9-8-12-28(31)33(41)38-29(23-32(40)37-30(35(39)43)22-25-10-6-5-7-11-25)34(42)36-18-20-44-27-16-14-26(15-17-27)24(2)3/h5-17,24,29-30H,4,18-23H2,1-3H3,(H,36,42)(H,37,40)(H,38,41)/t29-,30-/m0/s1. The normalized spacial score (nSPS) is 17.8. The third-order valence-electron chi connectivity index (χ3n) is 7.59. The van der Waals surface area contributed by atoms with Crippen molar-refractivity contribution in [2.75, 3.05) is 32.8 Å². The summed E-state index contributed by atoms with van der Waals surface area (Å²) in [6.07, 6.45) is -0.104. The zero-order chi connectivity index (χ0) is 32.2. The second kappa shape index (κ2) is 16.3. The van der Waals surface area contributed by atoms with E-state index in [1.165, 1.54) is 5.56 Å². The average molecular weight is 615 g/mol. The highest BCUT2D eigenvalue weighted by Gasteiger charge is 2.30. The van der Waals surface area contributed by atoms with Crippen LogP contribution in [0.4, 0.5) is 0 Å². The Bertz CT molecular complexity index is 1440. The number of carbonyl (C=O) groups is 4. The molecule has 1 aliphatic rings. The Kier molecular flexibility index (Phi) is 12.0. The molecule has 1 heterocycles. The van der Waals surface area contributed by atoms with Gasteiger partial charge in [-0.2, -0.15) is 0 Å². The SMILES string of the molecule is CCN1CCOc2ccccc2C(=O)N[C@H](C(=O)NCCOc2ccc(C(C)C)cc2)CC(=O)N[C@@H](Cc2ccccc2)C1=O. The van der Waals surface area contributed by atoms with E-state index in [-0.39, 0.29) is 50.6 Å². The van der Waals surface area contributed by atoms with Crippen molar-refractivity contribution in [3.05, 3.63) is 95.6 Å². The molecule has 0 saturated carbocycles. The molecule has 0 aliphatic carbocycles. The topological polar surface area (TPSA) is 126 Å². The van der Waals surface area contributed by atoms with Crippen molar-refractivity contribution >= 4 is 23.6 Å². The molecule has 0 saturated heterocycles. The maximum Gasteiger partial charge on any atom is 0.255 e. The van der Waals surface area contributed by atoms with Crippen LogP contribution in [0.1, 0.15) is 54.6 Å². The minimum Gasteiger partial charge on any atom is -0.492 e. The van der Waals surface area contributed by atoms with E-state index in [9.17, 15) is 19.2 Å². The van der Waals surface area contributed by atoms with Crippen LogP contribution in [0.2, 0.25) is 0 Å². The van der Waals surface area contributed by atoms with Crippen molar-refractivity contribution in [3.8, 4) is 11.5 Å². The van der Waals surface area contributed by atoms with Gasteiger partial charge in [0.05, 0.1) is 25.1 Å². The van der Waals surface area contributed by atoms with Gasteiger partial charge in [0.25, 0.3) is 5.91 Å². The van der Waals surface area contributed by atoms with Gasteiger partial charge in [-0.25, -0.2) is 0 Å². The van der Waals surface area contributed by atoms with E-state index in [4.69, 9.17) is 9.47 Å². The van der Waals surface area contributed by atoms with E-state index >= 15 is 0 Å². The molecule has 3 aromatic carbocycles. The number of ether oxygens (including phenoxy) is 2. The number of hydrogen-bond donors (Lipinski definition) is 3. The van der Waals surface area contributed by atoms with Gasteiger partial charge in [-0.1, -0.05) is 68.4 Å². The average Bonchev–Trinajstić information content (AvgIpc) is 3.04. The lowest BCUT2D eigenvalue weighted by Crippen LogP contribution is -2.54. The van der Waals surface area contributed by atoms with Crippen LogP contribution in [0.15, 0.2) is 78.9 Å². The van der Waals surface area contributed by atoms with E-state index in [1.54, 1.807) is 29.2 Å². The predicted molar refractivity (Wildman–Crippen MR) is 171 cm³/mol. The van der Waals surface area contributed by atoms with Gasteiger partial charge in [0.1, 0.15) is 36.8 Å². The summed E-state index contributed by atoms with van der Waals surface area (Å²) in [5.74, 6) is -0.509. The fourth-order valence-corrected chi connectivity index (χ4v) is 5.04. The second-order valence-corrected chi connectivity index (χ2v) is 11.2. The molecule has 10 nitrogen and oxygen atoms in total. The minimum absolute atomic E-state index is 0.139. The first-order valence-electron chi connectivity index (χ1n) is 15.4. The van der Waals surface area contributed by atoms with Gasteiger partial charge in [0.2, 0.25) is 17.7 Å². The van der Waals surface area contributed by atoms with Crippen LogP contribution in [0.3, 0.4) is 0 Å². The third kappa shape index (κ3) is 9.56. The predicted octanol–water partition coefficient (Wildman–Crippen LogP) is 3.46. The van der Waals surface area contributed by atoms with Crippen molar-refractivity contribution in [2.24, 2.45) is 0 Å². The van der Waals surface area contributed by atoms with Gasteiger partial charge >= 0.3 is 0 Å². The van der Waals surface area contributed by atoms with E-state index in [1.807, 2.05) is 61.5 Å². The number of nitrogens with zero attached hydrogens (tertiary/aromatic N) is 1. The molecular weight excluding hydrogens is 572 g/mol. The van der Waals surface area contributed by atoms with Crippen LogP contribution in [-0.4, -0.2) is 73.5 Å². The van der Waals surface area contributed by atoms with E-state index < -0.39 is 29.8 Å². The molecule has 3 aromatic rings. The lowest BCUT2D eigenvalue weighted by Gasteiger charge is -2.28. The fraction of sp³-hybridized carbons (Fsp3) is 0.371. The number of amides is 4.